The molecule has 90 valence electrons. The van der Waals surface area contributed by atoms with Crippen molar-refractivity contribution >= 4 is 17.4 Å². The highest BCUT2D eigenvalue weighted by Gasteiger charge is 2.15. The summed E-state index contributed by atoms with van der Waals surface area (Å²) in [5.74, 6) is -1.53. The lowest BCUT2D eigenvalue weighted by Crippen LogP contribution is -1.96. The van der Waals surface area contributed by atoms with Crippen molar-refractivity contribution in [1.82, 2.24) is 9.97 Å². The van der Waals surface area contributed by atoms with Gasteiger partial charge in [0.05, 0.1) is 0 Å². The molecule has 0 amide bonds. The van der Waals surface area contributed by atoms with Gasteiger partial charge >= 0.3 is 5.82 Å². The Hall–Kier alpha value is -2.58. The van der Waals surface area contributed by atoms with Gasteiger partial charge in [-0.15, -0.1) is 10.2 Å². The van der Waals surface area contributed by atoms with Crippen LogP contribution in [-0.4, -0.2) is 25.8 Å². The van der Waals surface area contributed by atoms with Gasteiger partial charge in [0.1, 0.15) is 5.76 Å². The minimum absolute atomic E-state index is 0.269. The van der Waals surface area contributed by atoms with Gasteiger partial charge in [0.2, 0.25) is 0 Å². The van der Waals surface area contributed by atoms with Crippen molar-refractivity contribution in [2.24, 2.45) is 10.2 Å². The van der Waals surface area contributed by atoms with Gasteiger partial charge < -0.3 is 15.2 Å². The molecule has 9 heteroatoms. The fourth-order valence-corrected chi connectivity index (χ4v) is 0.983. The van der Waals surface area contributed by atoms with Gasteiger partial charge in [-0.1, -0.05) is 0 Å². The number of hydrogen-bond donors (Lipinski definition) is 2. The smallest absolute Gasteiger partial charge is 0.369 e. The molecule has 0 unspecified atom stereocenters. The lowest BCUT2D eigenvalue weighted by Gasteiger charge is -1.95. The number of Topliss-reactive ketones (excluding diaryl/α,β-unsaturated/α-hetero) is 1. The number of nitrogens with zero attached hydrogens (tertiary/aromatic N) is 4. The second-order valence-electron chi connectivity index (χ2n) is 3.02. The Balaban J connectivity index is 3.06. The van der Waals surface area contributed by atoms with Crippen LogP contribution in [0.1, 0.15) is 13.8 Å². The highest BCUT2D eigenvalue weighted by Crippen LogP contribution is 2.22. The molecule has 0 fully saturated rings. The molecule has 0 aliphatic heterocycles. The number of azo groups is 1. The average Bonchev–Trinajstić information content (AvgIpc) is 2.64. The number of allylic oxidation sites excluding steroid dienone is 2. The molecule has 9 nitrogen and oxygen atoms in total. The third-order valence-electron chi connectivity index (χ3n) is 1.70. The lowest BCUT2D eigenvalue weighted by atomic mass is 10.3. The summed E-state index contributed by atoms with van der Waals surface area (Å²) in [6.45, 7) is 2.45. The molecule has 0 aliphatic carbocycles. The first kappa shape index (κ1) is 12.5. The van der Waals surface area contributed by atoms with Crippen molar-refractivity contribution in [3.63, 3.8) is 0 Å². The highest BCUT2D eigenvalue weighted by atomic mass is 16.6. The number of ketones is 1. The van der Waals surface area contributed by atoms with Crippen LogP contribution >= 0.6 is 0 Å². The van der Waals surface area contributed by atoms with Crippen LogP contribution in [0.5, 0.6) is 0 Å². The Morgan fingerprint density at radius 1 is 1.59 bits per heavy atom. The van der Waals surface area contributed by atoms with E-state index in [0.717, 1.165) is 6.33 Å². The first-order chi connectivity index (χ1) is 7.93. The van der Waals surface area contributed by atoms with Gasteiger partial charge in [0.25, 0.3) is 5.82 Å². The van der Waals surface area contributed by atoms with E-state index in [1.165, 1.54) is 13.8 Å². The summed E-state index contributed by atoms with van der Waals surface area (Å²) in [6.07, 6.45) is 1.08. The normalized spacial score (nSPS) is 12.6. The van der Waals surface area contributed by atoms with E-state index >= 15 is 0 Å². The van der Waals surface area contributed by atoms with Crippen molar-refractivity contribution in [1.29, 1.82) is 0 Å². The number of aromatic amines is 1. The molecule has 2 N–H and O–H groups in total. The molecule has 1 heterocycles. The second kappa shape index (κ2) is 4.96. The van der Waals surface area contributed by atoms with E-state index in [2.05, 4.69) is 20.2 Å². The third kappa shape index (κ3) is 2.93. The van der Waals surface area contributed by atoms with Crippen LogP contribution in [0.4, 0.5) is 11.6 Å². The number of carbonyl (C=O) groups excluding carboxylic acids is 1. The van der Waals surface area contributed by atoms with Crippen molar-refractivity contribution in [2.75, 3.05) is 0 Å². The van der Waals surface area contributed by atoms with Gasteiger partial charge in [-0.2, -0.15) is 4.98 Å². The summed E-state index contributed by atoms with van der Waals surface area (Å²) in [6, 6.07) is 0. The summed E-state index contributed by atoms with van der Waals surface area (Å²) < 4.78 is 0. The number of imidazole rings is 1. The zero-order chi connectivity index (χ0) is 13.0. The number of rotatable bonds is 4. The molecule has 1 aromatic rings. The lowest BCUT2D eigenvalue weighted by molar-refractivity contribution is -0.388. The minimum Gasteiger partial charge on any atom is -0.510 e. The van der Waals surface area contributed by atoms with E-state index in [4.69, 9.17) is 5.11 Å². The Labute approximate surface area is 95.1 Å². The van der Waals surface area contributed by atoms with E-state index < -0.39 is 16.5 Å². The molecule has 0 saturated heterocycles. The van der Waals surface area contributed by atoms with Gasteiger partial charge in [-0.3, -0.25) is 4.79 Å². The van der Waals surface area contributed by atoms with E-state index in [1.54, 1.807) is 0 Å². The molecule has 0 saturated carbocycles. The number of aromatic nitrogens is 2. The standard InChI is InChI=1S/C8H9N5O4/c1-4(14)6(5(2)15)11-12-7-8(13(16)17)10-3-9-7/h3,14H,1-2H3,(H,9,10). The monoisotopic (exact) mass is 239 g/mol. The number of aliphatic hydroxyl groups excluding tert-OH is 1. The van der Waals surface area contributed by atoms with Gasteiger partial charge in [-0.05, 0) is 11.8 Å². The van der Waals surface area contributed by atoms with Gasteiger partial charge in [0, 0.05) is 6.92 Å². The second-order valence-corrected chi connectivity index (χ2v) is 3.02. The maximum atomic E-state index is 11.0. The van der Waals surface area contributed by atoms with Crippen LogP contribution in [0.2, 0.25) is 0 Å². The summed E-state index contributed by atoms with van der Waals surface area (Å²) in [4.78, 5) is 26.6. The largest absolute Gasteiger partial charge is 0.510 e. The molecular weight excluding hydrogens is 230 g/mol. The Morgan fingerprint density at radius 3 is 2.71 bits per heavy atom. The first-order valence-electron chi connectivity index (χ1n) is 4.43. The zero-order valence-corrected chi connectivity index (χ0v) is 9.04. The molecule has 0 aromatic carbocycles. The number of hydrogen-bond acceptors (Lipinski definition) is 7. The van der Waals surface area contributed by atoms with E-state index in [9.17, 15) is 14.9 Å². The summed E-state index contributed by atoms with van der Waals surface area (Å²) in [7, 11) is 0. The van der Waals surface area contributed by atoms with E-state index in [1.807, 2.05) is 0 Å². The van der Waals surface area contributed by atoms with Crippen LogP contribution < -0.4 is 0 Å². The molecule has 17 heavy (non-hydrogen) atoms. The number of nitrogens with one attached hydrogen (secondary N) is 1. The molecule has 0 bridgehead atoms. The van der Waals surface area contributed by atoms with Crippen molar-refractivity contribution in [3.05, 3.63) is 27.9 Å². The Morgan fingerprint density at radius 2 is 2.24 bits per heavy atom. The third-order valence-corrected chi connectivity index (χ3v) is 1.70. The van der Waals surface area contributed by atoms with Crippen LogP contribution in [0.3, 0.4) is 0 Å². The van der Waals surface area contributed by atoms with Crippen molar-refractivity contribution in [2.45, 2.75) is 13.8 Å². The number of carbonyl (C=O) groups is 1. The van der Waals surface area contributed by atoms with E-state index in [-0.39, 0.29) is 17.3 Å². The van der Waals surface area contributed by atoms with E-state index in [0.29, 0.717) is 0 Å². The maximum absolute atomic E-state index is 11.0. The van der Waals surface area contributed by atoms with Crippen LogP contribution in [0, 0.1) is 10.1 Å². The zero-order valence-electron chi connectivity index (χ0n) is 9.04. The molecule has 0 spiro atoms. The Bertz CT molecular complexity index is 512. The van der Waals surface area contributed by atoms with Crippen LogP contribution in [-0.2, 0) is 4.79 Å². The van der Waals surface area contributed by atoms with Crippen LogP contribution in [0.25, 0.3) is 0 Å². The molecule has 0 atom stereocenters. The predicted molar refractivity (Wildman–Crippen MR) is 55.8 cm³/mol. The molecule has 1 aromatic heterocycles. The fraction of sp³-hybridized carbons (Fsp3) is 0.250. The molecule has 0 radical (unpaired) electrons. The number of H-pyrrole nitrogens is 1. The highest BCUT2D eigenvalue weighted by molar-refractivity contribution is 5.93. The SMILES string of the molecule is CC(=O)C(N=Nc1nc[nH]c1[N+](=O)[O-])=C(C)O. The minimum atomic E-state index is -0.718. The van der Waals surface area contributed by atoms with Crippen molar-refractivity contribution in [3.8, 4) is 0 Å². The van der Waals surface area contributed by atoms with Gasteiger partial charge in [0.15, 0.2) is 17.8 Å². The fourth-order valence-electron chi connectivity index (χ4n) is 0.983. The summed E-state index contributed by atoms with van der Waals surface area (Å²) >= 11 is 0. The molecule has 0 aliphatic rings. The summed E-state index contributed by atoms with van der Waals surface area (Å²) in [5.41, 5.74) is -0.276. The Kier molecular flexibility index (Phi) is 3.65. The predicted octanol–water partition coefficient (Wildman–Crippen LogP) is 1.78. The number of aliphatic hydroxyl groups is 1. The quantitative estimate of drug-likeness (QED) is 0.271. The first-order valence-corrected chi connectivity index (χ1v) is 4.43. The summed E-state index contributed by atoms with van der Waals surface area (Å²) in [5, 5.41) is 26.5. The topological polar surface area (TPSA) is 134 Å². The average molecular weight is 239 g/mol. The molecule has 1 rings (SSSR count). The van der Waals surface area contributed by atoms with Gasteiger partial charge in [-0.25, -0.2) is 4.98 Å². The molecular formula is C8H9N5O4. The maximum Gasteiger partial charge on any atom is 0.369 e. The van der Waals surface area contributed by atoms with Crippen LogP contribution in [0.15, 0.2) is 28.0 Å². The number of nitro groups is 1. The van der Waals surface area contributed by atoms with Crippen molar-refractivity contribution < 1.29 is 14.8 Å².